The van der Waals surface area contributed by atoms with Crippen molar-refractivity contribution in [2.24, 2.45) is 5.84 Å². The zero-order valence-corrected chi connectivity index (χ0v) is 11.0. The Morgan fingerprint density at radius 3 is 2.74 bits per heavy atom. The average molecular weight is 277 g/mol. The second-order valence-electron chi connectivity index (χ2n) is 3.94. The molecule has 98 valence electrons. The number of nitrogens with one attached hydrogen (secondary N) is 2. The summed E-state index contributed by atoms with van der Waals surface area (Å²) in [5.74, 6) is 5.46. The molecule has 0 spiro atoms. The van der Waals surface area contributed by atoms with E-state index in [1.807, 2.05) is 6.92 Å². The molecule has 0 unspecified atom stereocenters. The number of hydrogen-bond acceptors (Lipinski definition) is 4. The van der Waals surface area contributed by atoms with Crippen molar-refractivity contribution >= 4 is 29.0 Å². The maximum Gasteiger partial charge on any atom is 0.257 e. The summed E-state index contributed by atoms with van der Waals surface area (Å²) >= 11 is 6.00. The lowest BCUT2D eigenvalue weighted by molar-refractivity contribution is 0.102. The summed E-state index contributed by atoms with van der Waals surface area (Å²) in [6, 6.07) is 8.61. The van der Waals surface area contributed by atoms with Gasteiger partial charge in [-0.1, -0.05) is 17.7 Å². The molecule has 0 saturated carbocycles. The van der Waals surface area contributed by atoms with Crippen LogP contribution in [0.3, 0.4) is 0 Å². The summed E-state index contributed by atoms with van der Waals surface area (Å²) in [6.07, 6.45) is 1.45. The Morgan fingerprint density at radius 2 is 2.11 bits per heavy atom. The molecule has 5 nitrogen and oxygen atoms in total. The van der Waals surface area contributed by atoms with Crippen LogP contribution in [0, 0.1) is 6.92 Å². The van der Waals surface area contributed by atoms with Crippen molar-refractivity contribution in [2.75, 3.05) is 10.7 Å². The molecule has 1 aromatic carbocycles. The number of nitrogens with zero attached hydrogens (tertiary/aromatic N) is 1. The average Bonchev–Trinajstić information content (AvgIpc) is 2.44. The fraction of sp³-hybridized carbons (Fsp3) is 0.0769. The highest BCUT2D eigenvalue weighted by molar-refractivity contribution is 6.31. The van der Waals surface area contributed by atoms with Gasteiger partial charge in [0.2, 0.25) is 0 Å². The third-order valence-corrected chi connectivity index (χ3v) is 3.10. The second kappa shape index (κ2) is 5.69. The first kappa shape index (κ1) is 13.3. The lowest BCUT2D eigenvalue weighted by atomic mass is 10.2. The fourth-order valence-electron chi connectivity index (χ4n) is 1.55. The first-order chi connectivity index (χ1) is 9.11. The number of carbonyl (C=O) groups is 1. The van der Waals surface area contributed by atoms with Gasteiger partial charge in [-0.15, -0.1) is 0 Å². The molecular formula is C13H13ClN4O. The molecule has 0 aliphatic carbocycles. The highest BCUT2D eigenvalue weighted by Gasteiger charge is 2.09. The van der Waals surface area contributed by atoms with Crippen LogP contribution in [0.25, 0.3) is 0 Å². The van der Waals surface area contributed by atoms with E-state index in [1.54, 1.807) is 30.3 Å². The van der Waals surface area contributed by atoms with E-state index in [-0.39, 0.29) is 5.91 Å². The Morgan fingerprint density at radius 1 is 1.32 bits per heavy atom. The van der Waals surface area contributed by atoms with Crippen LogP contribution >= 0.6 is 11.6 Å². The van der Waals surface area contributed by atoms with Crippen molar-refractivity contribution in [3.63, 3.8) is 0 Å². The molecule has 0 aliphatic heterocycles. The predicted octanol–water partition coefficient (Wildman–Crippen LogP) is 2.58. The van der Waals surface area contributed by atoms with Crippen molar-refractivity contribution in [2.45, 2.75) is 6.92 Å². The number of benzene rings is 1. The SMILES string of the molecule is Cc1c(Cl)cccc1NC(=O)c1ccc(NN)nc1. The van der Waals surface area contributed by atoms with Gasteiger partial charge in [-0.25, -0.2) is 10.8 Å². The topological polar surface area (TPSA) is 80.0 Å². The first-order valence-electron chi connectivity index (χ1n) is 5.61. The Balaban J connectivity index is 2.18. The minimum Gasteiger partial charge on any atom is -0.322 e. The van der Waals surface area contributed by atoms with Gasteiger partial charge in [-0.05, 0) is 36.8 Å². The molecule has 0 atom stereocenters. The number of amides is 1. The Hall–Kier alpha value is -2.11. The Kier molecular flexibility index (Phi) is 3.99. The summed E-state index contributed by atoms with van der Waals surface area (Å²) < 4.78 is 0. The predicted molar refractivity (Wildman–Crippen MR) is 76.2 cm³/mol. The van der Waals surface area contributed by atoms with Crippen LogP contribution in [0.1, 0.15) is 15.9 Å². The minimum atomic E-state index is -0.249. The number of hydrogen-bond donors (Lipinski definition) is 3. The molecule has 1 heterocycles. The van der Waals surface area contributed by atoms with Gasteiger partial charge in [0.25, 0.3) is 5.91 Å². The van der Waals surface area contributed by atoms with Gasteiger partial charge in [-0.2, -0.15) is 0 Å². The van der Waals surface area contributed by atoms with Crippen molar-refractivity contribution in [1.82, 2.24) is 4.98 Å². The molecule has 4 N–H and O–H groups in total. The van der Waals surface area contributed by atoms with Crippen molar-refractivity contribution < 1.29 is 4.79 Å². The van der Waals surface area contributed by atoms with Crippen molar-refractivity contribution in [3.05, 3.63) is 52.7 Å². The van der Waals surface area contributed by atoms with Crippen LogP contribution in [-0.4, -0.2) is 10.9 Å². The number of hydrazine groups is 1. The van der Waals surface area contributed by atoms with Crippen LogP contribution in [0.15, 0.2) is 36.5 Å². The number of anilines is 2. The molecule has 0 fully saturated rings. The van der Waals surface area contributed by atoms with Crippen LogP contribution in [0.4, 0.5) is 11.5 Å². The highest BCUT2D eigenvalue weighted by Crippen LogP contribution is 2.23. The molecule has 0 bridgehead atoms. The van der Waals surface area contributed by atoms with E-state index < -0.39 is 0 Å². The molecule has 19 heavy (non-hydrogen) atoms. The van der Waals surface area contributed by atoms with E-state index in [0.29, 0.717) is 22.1 Å². The summed E-state index contributed by atoms with van der Waals surface area (Å²) in [7, 11) is 0. The van der Waals surface area contributed by atoms with Gasteiger partial charge in [0.05, 0.1) is 5.56 Å². The summed E-state index contributed by atoms with van der Waals surface area (Å²) in [6.45, 7) is 1.84. The zero-order chi connectivity index (χ0) is 13.8. The highest BCUT2D eigenvalue weighted by atomic mass is 35.5. The smallest absolute Gasteiger partial charge is 0.257 e. The zero-order valence-electron chi connectivity index (χ0n) is 10.3. The van der Waals surface area contributed by atoms with Crippen LogP contribution in [0.2, 0.25) is 5.02 Å². The van der Waals surface area contributed by atoms with Crippen LogP contribution in [-0.2, 0) is 0 Å². The number of pyridine rings is 1. The Bertz CT molecular complexity index is 598. The van der Waals surface area contributed by atoms with E-state index in [4.69, 9.17) is 17.4 Å². The molecule has 6 heteroatoms. The van der Waals surface area contributed by atoms with E-state index in [1.165, 1.54) is 6.20 Å². The number of nitrogen functional groups attached to an aromatic ring is 1. The van der Waals surface area contributed by atoms with Gasteiger partial charge in [0.1, 0.15) is 5.82 Å². The number of aromatic nitrogens is 1. The van der Waals surface area contributed by atoms with Gasteiger partial charge in [-0.3, -0.25) is 4.79 Å². The lowest BCUT2D eigenvalue weighted by Crippen LogP contribution is -2.14. The van der Waals surface area contributed by atoms with Gasteiger partial charge in [0, 0.05) is 16.9 Å². The molecular weight excluding hydrogens is 264 g/mol. The third kappa shape index (κ3) is 3.01. The quantitative estimate of drug-likeness (QED) is 0.595. The van der Waals surface area contributed by atoms with E-state index in [2.05, 4.69) is 15.7 Å². The van der Waals surface area contributed by atoms with Crippen molar-refractivity contribution in [1.29, 1.82) is 0 Å². The molecule has 2 rings (SSSR count). The van der Waals surface area contributed by atoms with E-state index in [0.717, 1.165) is 5.56 Å². The molecule has 0 saturated heterocycles. The summed E-state index contributed by atoms with van der Waals surface area (Å²) in [4.78, 5) is 16.0. The third-order valence-electron chi connectivity index (χ3n) is 2.69. The van der Waals surface area contributed by atoms with Crippen molar-refractivity contribution in [3.8, 4) is 0 Å². The van der Waals surface area contributed by atoms with Gasteiger partial charge >= 0.3 is 0 Å². The Labute approximate surface area is 115 Å². The molecule has 1 amide bonds. The first-order valence-corrected chi connectivity index (χ1v) is 5.98. The van der Waals surface area contributed by atoms with E-state index in [9.17, 15) is 4.79 Å². The summed E-state index contributed by atoms with van der Waals surface area (Å²) in [5, 5.41) is 3.40. The number of nitrogens with two attached hydrogens (primary N) is 1. The maximum absolute atomic E-state index is 12.0. The van der Waals surface area contributed by atoms with Crippen LogP contribution < -0.4 is 16.6 Å². The minimum absolute atomic E-state index is 0.249. The van der Waals surface area contributed by atoms with Crippen LogP contribution in [0.5, 0.6) is 0 Å². The molecule has 0 radical (unpaired) electrons. The standard InChI is InChI=1S/C13H13ClN4O/c1-8-10(14)3-2-4-11(8)17-13(19)9-5-6-12(18-15)16-7-9/h2-7H,15H2,1H3,(H,16,18)(H,17,19). The van der Waals surface area contributed by atoms with E-state index >= 15 is 0 Å². The molecule has 1 aromatic heterocycles. The molecule has 0 aliphatic rings. The normalized spacial score (nSPS) is 10.1. The van der Waals surface area contributed by atoms with Gasteiger partial charge < -0.3 is 10.7 Å². The number of halogens is 1. The summed E-state index contributed by atoms with van der Waals surface area (Å²) in [5.41, 5.74) is 4.35. The second-order valence-corrected chi connectivity index (χ2v) is 4.35. The maximum atomic E-state index is 12.0. The number of carbonyl (C=O) groups excluding carboxylic acids is 1. The largest absolute Gasteiger partial charge is 0.322 e. The monoisotopic (exact) mass is 276 g/mol. The molecule has 2 aromatic rings. The lowest BCUT2D eigenvalue weighted by Gasteiger charge is -2.09. The fourth-order valence-corrected chi connectivity index (χ4v) is 1.73. The van der Waals surface area contributed by atoms with Gasteiger partial charge in [0.15, 0.2) is 0 Å². The number of rotatable bonds is 3.